The van der Waals surface area contributed by atoms with Crippen LogP contribution >= 0.6 is 0 Å². The molecule has 130 valence electrons. The highest BCUT2D eigenvalue weighted by Gasteiger charge is 2.13. The van der Waals surface area contributed by atoms with Gasteiger partial charge in [-0.2, -0.15) is 0 Å². The molecule has 8 heteroatoms. The van der Waals surface area contributed by atoms with Crippen LogP contribution in [0.5, 0.6) is 0 Å². The third-order valence-electron chi connectivity index (χ3n) is 4.23. The first-order valence-corrected chi connectivity index (χ1v) is 8.19. The number of nitrogens with zero attached hydrogens (tertiary/aromatic N) is 7. The van der Waals surface area contributed by atoms with Crippen molar-refractivity contribution in [1.82, 2.24) is 34.2 Å². The van der Waals surface area contributed by atoms with Gasteiger partial charge in [0.05, 0.1) is 17.4 Å². The average molecular weight is 347 g/mol. The molecule has 0 bridgehead atoms. The molecule has 0 aliphatic carbocycles. The van der Waals surface area contributed by atoms with Crippen molar-refractivity contribution in [2.24, 2.45) is 0 Å². The van der Waals surface area contributed by atoms with Gasteiger partial charge in [0.2, 0.25) is 0 Å². The van der Waals surface area contributed by atoms with Crippen LogP contribution in [0.4, 0.5) is 0 Å². The van der Waals surface area contributed by atoms with Gasteiger partial charge in [-0.05, 0) is 24.3 Å². The maximum Gasteiger partial charge on any atom is 0.253 e. The molecule has 4 rings (SSSR count). The highest BCUT2D eigenvalue weighted by Crippen LogP contribution is 2.12. The molecular weight excluding hydrogens is 330 g/mol. The predicted molar refractivity (Wildman–Crippen MR) is 95.8 cm³/mol. The summed E-state index contributed by atoms with van der Waals surface area (Å²) < 4.78 is 3.71. The zero-order valence-corrected chi connectivity index (χ0v) is 14.2. The Morgan fingerprint density at radius 3 is 2.73 bits per heavy atom. The minimum absolute atomic E-state index is 0.0638. The molecule has 1 amide bonds. The molecule has 0 unspecified atom stereocenters. The molecule has 0 radical (unpaired) electrons. The van der Waals surface area contributed by atoms with Crippen LogP contribution in [-0.2, 0) is 6.54 Å². The summed E-state index contributed by atoms with van der Waals surface area (Å²) in [7, 11) is 1.79. The Morgan fingerprint density at radius 2 is 1.88 bits per heavy atom. The first-order valence-electron chi connectivity index (χ1n) is 8.19. The monoisotopic (exact) mass is 347 g/mol. The number of aromatic nitrogens is 6. The van der Waals surface area contributed by atoms with Gasteiger partial charge >= 0.3 is 0 Å². The lowest BCUT2D eigenvalue weighted by Crippen LogP contribution is -2.30. The van der Waals surface area contributed by atoms with Crippen LogP contribution in [0, 0.1) is 0 Å². The third-order valence-corrected chi connectivity index (χ3v) is 4.23. The molecule has 4 aromatic rings. The Bertz CT molecular complexity index is 1040. The van der Waals surface area contributed by atoms with Gasteiger partial charge in [-0.15, -0.1) is 10.2 Å². The number of carbonyl (C=O) groups excluding carboxylic acids is 1. The van der Waals surface area contributed by atoms with Crippen molar-refractivity contribution in [1.29, 1.82) is 0 Å². The first kappa shape index (κ1) is 15.9. The van der Waals surface area contributed by atoms with Gasteiger partial charge in [-0.1, -0.05) is 12.1 Å². The van der Waals surface area contributed by atoms with E-state index in [2.05, 4.69) is 20.2 Å². The summed E-state index contributed by atoms with van der Waals surface area (Å²) in [5.74, 6) is 0.543. The molecule has 0 N–H and O–H groups in total. The van der Waals surface area contributed by atoms with Crippen LogP contribution in [0.15, 0.2) is 61.6 Å². The van der Waals surface area contributed by atoms with Crippen molar-refractivity contribution in [2.75, 3.05) is 13.6 Å². The Kier molecular flexibility index (Phi) is 4.14. The number of benzene rings is 1. The van der Waals surface area contributed by atoms with E-state index in [9.17, 15) is 4.79 Å². The number of hydrogen-bond donors (Lipinski definition) is 0. The zero-order valence-electron chi connectivity index (χ0n) is 14.2. The summed E-state index contributed by atoms with van der Waals surface area (Å²) in [6.45, 7) is 1.25. The topological polar surface area (TPSA) is 81.7 Å². The normalized spacial score (nSPS) is 11.0. The fourth-order valence-electron chi connectivity index (χ4n) is 2.78. The first-order chi connectivity index (χ1) is 12.7. The number of pyridine rings is 1. The molecule has 3 heterocycles. The largest absolute Gasteiger partial charge is 0.340 e. The van der Waals surface area contributed by atoms with Gasteiger partial charge in [-0.25, -0.2) is 9.97 Å². The number of carbonyl (C=O) groups is 1. The number of hydrogen-bond acceptors (Lipinski definition) is 5. The van der Waals surface area contributed by atoms with Crippen LogP contribution in [0.3, 0.4) is 0 Å². The van der Waals surface area contributed by atoms with E-state index in [-0.39, 0.29) is 5.91 Å². The van der Waals surface area contributed by atoms with E-state index in [1.54, 1.807) is 53.8 Å². The van der Waals surface area contributed by atoms with Crippen LogP contribution < -0.4 is 0 Å². The van der Waals surface area contributed by atoms with E-state index in [1.165, 1.54) is 0 Å². The summed E-state index contributed by atoms with van der Waals surface area (Å²) in [5, 5.41) is 7.52. The van der Waals surface area contributed by atoms with E-state index in [4.69, 9.17) is 0 Å². The molecule has 0 saturated carbocycles. The third kappa shape index (κ3) is 3.04. The molecular formula is C18H17N7O. The standard InChI is InChI=1S/C18H17N7O/c1-23(8-9-24-11-20-15-4-2-3-5-16(15)24)18(26)14-6-7-19-17(10-14)25-12-21-22-13-25/h2-7,10-13H,8-9H2,1H3. The van der Waals surface area contributed by atoms with Crippen molar-refractivity contribution in [3.8, 4) is 5.82 Å². The van der Waals surface area contributed by atoms with E-state index < -0.39 is 0 Å². The quantitative estimate of drug-likeness (QED) is 0.550. The number of amides is 1. The minimum Gasteiger partial charge on any atom is -0.340 e. The molecule has 0 spiro atoms. The lowest BCUT2D eigenvalue weighted by atomic mass is 10.2. The van der Waals surface area contributed by atoms with Crippen molar-refractivity contribution in [2.45, 2.75) is 6.54 Å². The lowest BCUT2D eigenvalue weighted by molar-refractivity contribution is 0.0790. The predicted octanol–water partition coefficient (Wildman–Crippen LogP) is 1.78. The fraction of sp³-hybridized carbons (Fsp3) is 0.167. The second-order valence-electron chi connectivity index (χ2n) is 5.93. The Labute approximate surface area is 149 Å². The number of fused-ring (bicyclic) bond motifs is 1. The van der Waals surface area contributed by atoms with Crippen molar-refractivity contribution < 1.29 is 4.79 Å². The maximum atomic E-state index is 12.7. The Morgan fingerprint density at radius 1 is 1.08 bits per heavy atom. The molecule has 0 fully saturated rings. The van der Waals surface area contributed by atoms with E-state index in [0.29, 0.717) is 24.5 Å². The Balaban J connectivity index is 1.47. The van der Waals surface area contributed by atoms with Gasteiger partial charge in [-0.3, -0.25) is 9.36 Å². The molecule has 8 nitrogen and oxygen atoms in total. The molecule has 26 heavy (non-hydrogen) atoms. The summed E-state index contributed by atoms with van der Waals surface area (Å²) in [4.78, 5) is 23.0. The Hall–Kier alpha value is -3.55. The van der Waals surface area contributed by atoms with Gasteiger partial charge in [0, 0.05) is 31.9 Å². The van der Waals surface area contributed by atoms with E-state index in [0.717, 1.165) is 11.0 Å². The summed E-state index contributed by atoms with van der Waals surface area (Å²) >= 11 is 0. The van der Waals surface area contributed by atoms with Crippen LogP contribution in [0.1, 0.15) is 10.4 Å². The molecule has 0 aliphatic heterocycles. The molecule has 0 saturated heterocycles. The van der Waals surface area contributed by atoms with Gasteiger partial charge in [0.15, 0.2) is 0 Å². The van der Waals surface area contributed by atoms with Crippen LogP contribution in [-0.4, -0.2) is 53.7 Å². The van der Waals surface area contributed by atoms with Crippen molar-refractivity contribution >= 4 is 16.9 Å². The maximum absolute atomic E-state index is 12.7. The number of rotatable bonds is 5. The summed E-state index contributed by atoms with van der Waals surface area (Å²) in [6.07, 6.45) is 6.51. The number of imidazole rings is 1. The highest BCUT2D eigenvalue weighted by molar-refractivity contribution is 5.94. The molecule has 1 aromatic carbocycles. The highest BCUT2D eigenvalue weighted by atomic mass is 16.2. The summed E-state index contributed by atoms with van der Waals surface area (Å²) in [5.41, 5.74) is 2.59. The van der Waals surface area contributed by atoms with Gasteiger partial charge in [0.1, 0.15) is 18.5 Å². The minimum atomic E-state index is -0.0638. The second kappa shape index (κ2) is 6.75. The SMILES string of the molecule is CN(CCn1cnc2ccccc21)C(=O)c1ccnc(-n2cnnc2)c1. The smallest absolute Gasteiger partial charge is 0.253 e. The van der Waals surface area contributed by atoms with Crippen molar-refractivity contribution in [3.63, 3.8) is 0 Å². The zero-order chi connectivity index (χ0) is 17.9. The summed E-state index contributed by atoms with van der Waals surface area (Å²) in [6, 6.07) is 11.4. The van der Waals surface area contributed by atoms with Gasteiger partial charge in [0.25, 0.3) is 5.91 Å². The van der Waals surface area contributed by atoms with Gasteiger partial charge < -0.3 is 9.47 Å². The number of para-hydroxylation sites is 2. The van der Waals surface area contributed by atoms with E-state index >= 15 is 0 Å². The average Bonchev–Trinajstić information content (AvgIpc) is 3.36. The molecule has 3 aromatic heterocycles. The van der Waals surface area contributed by atoms with Crippen molar-refractivity contribution in [3.05, 3.63) is 67.1 Å². The molecule has 0 atom stereocenters. The van der Waals surface area contributed by atoms with Crippen LogP contribution in [0.25, 0.3) is 16.9 Å². The number of likely N-dealkylation sites (N-methyl/N-ethyl adjacent to an activating group) is 1. The second-order valence-corrected chi connectivity index (χ2v) is 5.93. The lowest BCUT2D eigenvalue weighted by Gasteiger charge is -2.18. The fourth-order valence-corrected chi connectivity index (χ4v) is 2.78. The molecule has 0 aliphatic rings. The van der Waals surface area contributed by atoms with Crippen LogP contribution in [0.2, 0.25) is 0 Å². The van der Waals surface area contributed by atoms with E-state index in [1.807, 2.05) is 28.8 Å².